The van der Waals surface area contributed by atoms with Crippen LogP contribution >= 0.6 is 0 Å². The molecule has 1 aliphatic rings. The normalized spacial score (nSPS) is 15.3. The summed E-state index contributed by atoms with van der Waals surface area (Å²) in [5.41, 5.74) is 12.0. The standard InChI is InChI=1S/C23H26F3N3/c24-23(25,26)15-28-17-7-5-6-16(14-17)11-12-19(27)22-18-8-1-2-9-20(18)29-13-4-3-10-21(22)29/h1-2,5-9,14,19,28H,3-4,10-13,15,27H2. The summed E-state index contributed by atoms with van der Waals surface area (Å²) in [5, 5.41) is 3.68. The molecule has 29 heavy (non-hydrogen) atoms. The maximum atomic E-state index is 12.4. The number of nitrogens with zero attached hydrogens (tertiary/aromatic N) is 1. The van der Waals surface area contributed by atoms with Crippen LogP contribution in [-0.2, 0) is 19.4 Å². The number of aromatic nitrogens is 1. The van der Waals surface area contributed by atoms with Crippen molar-refractivity contribution in [3.05, 3.63) is 65.4 Å². The molecule has 0 amide bonds. The number of nitrogens with two attached hydrogens (primary N) is 1. The summed E-state index contributed by atoms with van der Waals surface area (Å²) in [5.74, 6) is 0. The molecule has 3 aromatic rings. The zero-order chi connectivity index (χ0) is 20.4. The third kappa shape index (κ3) is 4.42. The maximum Gasteiger partial charge on any atom is 0.405 e. The number of alkyl halides is 3. The van der Waals surface area contributed by atoms with Gasteiger partial charge in [0.15, 0.2) is 0 Å². The smallest absolute Gasteiger partial charge is 0.376 e. The first kappa shape index (κ1) is 19.8. The number of fused-ring (bicyclic) bond motifs is 3. The molecule has 0 aliphatic carbocycles. The highest BCUT2D eigenvalue weighted by Gasteiger charge is 2.26. The molecular weight excluding hydrogens is 375 g/mol. The number of anilines is 1. The van der Waals surface area contributed by atoms with E-state index in [1.165, 1.54) is 35.0 Å². The van der Waals surface area contributed by atoms with Gasteiger partial charge in [0.05, 0.1) is 0 Å². The number of nitrogens with one attached hydrogen (secondary N) is 1. The number of hydrogen-bond donors (Lipinski definition) is 2. The van der Waals surface area contributed by atoms with Gasteiger partial charge in [-0.1, -0.05) is 30.3 Å². The lowest BCUT2D eigenvalue weighted by Crippen LogP contribution is -2.21. The van der Waals surface area contributed by atoms with E-state index >= 15 is 0 Å². The second-order valence-electron chi connectivity index (χ2n) is 7.80. The first-order valence-corrected chi connectivity index (χ1v) is 10.2. The summed E-state index contributed by atoms with van der Waals surface area (Å²) >= 11 is 0. The van der Waals surface area contributed by atoms with Gasteiger partial charge in [-0.25, -0.2) is 0 Å². The lowest BCUT2D eigenvalue weighted by molar-refractivity contribution is -0.115. The molecule has 154 valence electrons. The second-order valence-corrected chi connectivity index (χ2v) is 7.80. The summed E-state index contributed by atoms with van der Waals surface area (Å²) in [6.07, 6.45) is 0.676. The van der Waals surface area contributed by atoms with E-state index in [0.29, 0.717) is 5.69 Å². The molecule has 0 radical (unpaired) electrons. The van der Waals surface area contributed by atoms with Crippen LogP contribution in [0.4, 0.5) is 18.9 Å². The van der Waals surface area contributed by atoms with Crippen molar-refractivity contribution in [2.45, 2.75) is 50.9 Å². The lowest BCUT2D eigenvalue weighted by Gasteiger charge is -2.20. The Hall–Kier alpha value is -2.47. The third-order valence-corrected chi connectivity index (χ3v) is 5.70. The van der Waals surface area contributed by atoms with Crippen molar-refractivity contribution in [1.82, 2.24) is 4.57 Å². The number of para-hydroxylation sites is 1. The number of rotatable bonds is 6. The highest BCUT2D eigenvalue weighted by molar-refractivity contribution is 5.86. The molecule has 1 unspecified atom stereocenters. The molecule has 1 aromatic heterocycles. The van der Waals surface area contributed by atoms with Crippen LogP contribution in [0.2, 0.25) is 0 Å². The molecule has 2 aromatic carbocycles. The summed E-state index contributed by atoms with van der Waals surface area (Å²) < 4.78 is 39.7. The molecule has 0 fully saturated rings. The highest BCUT2D eigenvalue weighted by atomic mass is 19.4. The Morgan fingerprint density at radius 2 is 1.90 bits per heavy atom. The van der Waals surface area contributed by atoms with Crippen LogP contribution in [0.15, 0.2) is 48.5 Å². The molecule has 0 bridgehead atoms. The van der Waals surface area contributed by atoms with Gasteiger partial charge in [-0.2, -0.15) is 13.2 Å². The van der Waals surface area contributed by atoms with Crippen LogP contribution in [0.5, 0.6) is 0 Å². The van der Waals surface area contributed by atoms with Gasteiger partial charge in [0.25, 0.3) is 0 Å². The minimum atomic E-state index is -4.23. The number of hydrogen-bond acceptors (Lipinski definition) is 2. The van der Waals surface area contributed by atoms with Gasteiger partial charge in [0.1, 0.15) is 6.54 Å². The molecule has 0 saturated carbocycles. The summed E-state index contributed by atoms with van der Waals surface area (Å²) in [6.45, 7) is 0.00825. The van der Waals surface area contributed by atoms with Crippen LogP contribution in [0, 0.1) is 0 Å². The van der Waals surface area contributed by atoms with E-state index in [1.54, 1.807) is 18.2 Å². The van der Waals surface area contributed by atoms with E-state index in [9.17, 15) is 13.2 Å². The predicted octanol–water partition coefficient (Wildman–Crippen LogP) is 5.58. The minimum absolute atomic E-state index is 0.0963. The van der Waals surface area contributed by atoms with Crippen LogP contribution in [-0.4, -0.2) is 17.3 Å². The average molecular weight is 401 g/mol. The molecule has 3 N–H and O–H groups in total. The van der Waals surface area contributed by atoms with E-state index in [1.807, 2.05) is 6.07 Å². The van der Waals surface area contributed by atoms with Gasteiger partial charge in [-0.15, -0.1) is 0 Å². The average Bonchev–Trinajstić information content (AvgIpc) is 3.05. The van der Waals surface area contributed by atoms with Crippen molar-refractivity contribution in [2.75, 3.05) is 11.9 Å². The summed E-state index contributed by atoms with van der Waals surface area (Å²) in [4.78, 5) is 0. The molecule has 1 atom stereocenters. The number of benzene rings is 2. The molecule has 3 nitrogen and oxygen atoms in total. The van der Waals surface area contributed by atoms with Crippen molar-refractivity contribution in [2.24, 2.45) is 5.73 Å². The predicted molar refractivity (Wildman–Crippen MR) is 111 cm³/mol. The fourth-order valence-corrected chi connectivity index (χ4v) is 4.39. The molecular formula is C23H26F3N3. The van der Waals surface area contributed by atoms with Crippen LogP contribution in [0.3, 0.4) is 0 Å². The molecule has 2 heterocycles. The van der Waals surface area contributed by atoms with Crippen molar-refractivity contribution in [3.8, 4) is 0 Å². The van der Waals surface area contributed by atoms with Gasteiger partial charge in [-0.3, -0.25) is 0 Å². The SMILES string of the molecule is NC(CCc1cccc(NCC(F)(F)F)c1)c1c2n(c3ccccc13)CCCC2. The number of halogens is 3. The summed E-state index contributed by atoms with van der Waals surface area (Å²) in [7, 11) is 0. The third-order valence-electron chi connectivity index (χ3n) is 5.70. The Balaban J connectivity index is 1.50. The molecule has 1 aliphatic heterocycles. The van der Waals surface area contributed by atoms with Gasteiger partial charge < -0.3 is 15.6 Å². The van der Waals surface area contributed by atoms with E-state index in [4.69, 9.17) is 5.73 Å². The van der Waals surface area contributed by atoms with Gasteiger partial charge in [0, 0.05) is 34.9 Å². The van der Waals surface area contributed by atoms with Crippen LogP contribution in [0.25, 0.3) is 10.9 Å². The van der Waals surface area contributed by atoms with E-state index in [-0.39, 0.29) is 6.04 Å². The Morgan fingerprint density at radius 3 is 2.72 bits per heavy atom. The molecule has 0 saturated heterocycles. The topological polar surface area (TPSA) is 43.0 Å². The largest absolute Gasteiger partial charge is 0.405 e. The zero-order valence-electron chi connectivity index (χ0n) is 16.3. The minimum Gasteiger partial charge on any atom is -0.376 e. The Kier molecular flexibility index (Phi) is 5.54. The van der Waals surface area contributed by atoms with Crippen molar-refractivity contribution in [3.63, 3.8) is 0 Å². The van der Waals surface area contributed by atoms with Crippen LogP contribution in [0.1, 0.15) is 42.1 Å². The fraction of sp³-hybridized carbons (Fsp3) is 0.391. The van der Waals surface area contributed by atoms with E-state index in [0.717, 1.165) is 31.4 Å². The number of aryl methyl sites for hydroxylation is 2. The van der Waals surface area contributed by atoms with Gasteiger partial charge in [-0.05, 0) is 61.4 Å². The quantitative estimate of drug-likeness (QED) is 0.566. The van der Waals surface area contributed by atoms with E-state index in [2.05, 4.69) is 34.1 Å². The van der Waals surface area contributed by atoms with Crippen molar-refractivity contribution in [1.29, 1.82) is 0 Å². The van der Waals surface area contributed by atoms with Gasteiger partial charge >= 0.3 is 6.18 Å². The Bertz CT molecular complexity index is 991. The molecule has 6 heteroatoms. The highest BCUT2D eigenvalue weighted by Crippen LogP contribution is 2.35. The fourth-order valence-electron chi connectivity index (χ4n) is 4.39. The second kappa shape index (κ2) is 8.11. The van der Waals surface area contributed by atoms with E-state index < -0.39 is 12.7 Å². The van der Waals surface area contributed by atoms with Crippen molar-refractivity contribution >= 4 is 16.6 Å². The van der Waals surface area contributed by atoms with Crippen molar-refractivity contribution < 1.29 is 13.2 Å². The Labute approximate surface area is 168 Å². The first-order chi connectivity index (χ1) is 13.9. The van der Waals surface area contributed by atoms with Crippen LogP contribution < -0.4 is 11.1 Å². The molecule has 4 rings (SSSR count). The maximum absolute atomic E-state index is 12.4. The van der Waals surface area contributed by atoms with Gasteiger partial charge in [0.2, 0.25) is 0 Å². The molecule has 0 spiro atoms. The Morgan fingerprint density at radius 1 is 1.07 bits per heavy atom. The summed E-state index contributed by atoms with van der Waals surface area (Å²) in [6, 6.07) is 15.5. The lowest BCUT2D eigenvalue weighted by atomic mass is 9.95. The monoisotopic (exact) mass is 401 g/mol. The first-order valence-electron chi connectivity index (χ1n) is 10.2. The zero-order valence-corrected chi connectivity index (χ0v) is 16.3.